The summed E-state index contributed by atoms with van der Waals surface area (Å²) in [6, 6.07) is 9.24. The minimum Gasteiger partial charge on any atom is -0.329 e. The van der Waals surface area contributed by atoms with E-state index in [9.17, 15) is 4.79 Å². The minimum absolute atomic E-state index is 0.0318. The largest absolute Gasteiger partial charge is 0.329 e. The zero-order valence-electron chi connectivity index (χ0n) is 9.82. The lowest BCUT2D eigenvalue weighted by Gasteiger charge is -2.18. The van der Waals surface area contributed by atoms with Crippen LogP contribution in [0.25, 0.3) is 0 Å². The van der Waals surface area contributed by atoms with E-state index in [2.05, 4.69) is 0 Å². The Balaban J connectivity index is 2.66. The number of benzene rings is 1. The molecule has 1 aromatic rings. The Morgan fingerprint density at radius 1 is 1.53 bits per heavy atom. The van der Waals surface area contributed by atoms with Gasteiger partial charge in [-0.2, -0.15) is 5.26 Å². The molecule has 0 saturated carbocycles. The van der Waals surface area contributed by atoms with Gasteiger partial charge in [-0.25, -0.2) is 0 Å². The van der Waals surface area contributed by atoms with Gasteiger partial charge in [0.25, 0.3) is 0 Å². The van der Waals surface area contributed by atoms with Gasteiger partial charge in [0.2, 0.25) is 5.91 Å². The van der Waals surface area contributed by atoms with Gasteiger partial charge in [0.15, 0.2) is 0 Å². The van der Waals surface area contributed by atoms with E-state index in [0.717, 1.165) is 12.0 Å². The first-order valence-electron chi connectivity index (χ1n) is 5.56. The van der Waals surface area contributed by atoms with E-state index < -0.39 is 0 Å². The second kappa shape index (κ2) is 6.93. The van der Waals surface area contributed by atoms with Gasteiger partial charge in [-0.05, 0) is 24.1 Å². The van der Waals surface area contributed by atoms with Gasteiger partial charge < -0.3 is 4.90 Å². The van der Waals surface area contributed by atoms with E-state index in [4.69, 9.17) is 16.9 Å². The Labute approximate surface area is 107 Å². The molecular formula is C13H15ClN2O. The van der Waals surface area contributed by atoms with Crippen LogP contribution in [0.3, 0.4) is 0 Å². The number of amides is 1. The fourth-order valence-corrected chi connectivity index (χ4v) is 1.79. The molecule has 0 aliphatic carbocycles. The highest BCUT2D eigenvalue weighted by Crippen LogP contribution is 2.12. The van der Waals surface area contributed by atoms with Crippen LogP contribution < -0.4 is 0 Å². The first-order chi connectivity index (χ1) is 8.17. The van der Waals surface area contributed by atoms with Crippen LogP contribution in [0.4, 0.5) is 0 Å². The molecule has 3 nitrogen and oxygen atoms in total. The van der Waals surface area contributed by atoms with Crippen LogP contribution >= 0.6 is 11.6 Å². The van der Waals surface area contributed by atoms with Crippen molar-refractivity contribution in [3.63, 3.8) is 0 Å². The van der Waals surface area contributed by atoms with Gasteiger partial charge in [-0.3, -0.25) is 4.79 Å². The van der Waals surface area contributed by atoms with Crippen LogP contribution in [0.1, 0.15) is 18.9 Å². The highest BCUT2D eigenvalue weighted by Gasteiger charge is 2.12. The Bertz CT molecular complexity index is 426. The van der Waals surface area contributed by atoms with Crippen LogP contribution in [-0.4, -0.2) is 23.9 Å². The standard InChI is InChI=1S/C13H15ClN2O/c1-2-7-16(8-6-15)13(17)10-11-4-3-5-12(14)9-11/h3-5,9H,2,7-8,10H2,1H3. The molecule has 4 heteroatoms. The molecule has 0 N–H and O–H groups in total. The van der Waals surface area contributed by atoms with Crippen LogP contribution in [0, 0.1) is 11.3 Å². The number of rotatable bonds is 5. The molecule has 0 radical (unpaired) electrons. The van der Waals surface area contributed by atoms with Crippen molar-refractivity contribution in [3.8, 4) is 6.07 Å². The highest BCUT2D eigenvalue weighted by atomic mass is 35.5. The third-order valence-corrected chi connectivity index (χ3v) is 2.59. The van der Waals surface area contributed by atoms with E-state index in [1.54, 1.807) is 17.0 Å². The van der Waals surface area contributed by atoms with Crippen molar-refractivity contribution >= 4 is 17.5 Å². The zero-order valence-corrected chi connectivity index (χ0v) is 10.6. The normalized spacial score (nSPS) is 9.71. The van der Waals surface area contributed by atoms with E-state index in [0.29, 0.717) is 18.0 Å². The first-order valence-corrected chi connectivity index (χ1v) is 5.94. The molecule has 0 atom stereocenters. The predicted octanol–water partition coefficient (Wildman–Crippen LogP) is 2.64. The Morgan fingerprint density at radius 2 is 2.29 bits per heavy atom. The van der Waals surface area contributed by atoms with Gasteiger partial charge in [0.1, 0.15) is 6.54 Å². The van der Waals surface area contributed by atoms with Crippen LogP contribution in [-0.2, 0) is 11.2 Å². The maximum absolute atomic E-state index is 11.9. The van der Waals surface area contributed by atoms with Crippen molar-refractivity contribution in [2.24, 2.45) is 0 Å². The van der Waals surface area contributed by atoms with Gasteiger partial charge in [0, 0.05) is 11.6 Å². The lowest BCUT2D eigenvalue weighted by molar-refractivity contribution is -0.129. The number of carbonyl (C=O) groups excluding carboxylic acids is 1. The van der Waals surface area contributed by atoms with E-state index in [1.807, 2.05) is 25.1 Å². The van der Waals surface area contributed by atoms with Crippen LogP contribution in [0.2, 0.25) is 5.02 Å². The third-order valence-electron chi connectivity index (χ3n) is 2.35. The molecule has 1 aromatic carbocycles. The number of hydrogen-bond donors (Lipinski definition) is 0. The summed E-state index contributed by atoms with van der Waals surface area (Å²) in [5.74, 6) is -0.0318. The number of hydrogen-bond acceptors (Lipinski definition) is 2. The molecule has 0 bridgehead atoms. The summed E-state index contributed by atoms with van der Waals surface area (Å²) in [5, 5.41) is 9.28. The van der Waals surface area contributed by atoms with Crippen LogP contribution in [0.5, 0.6) is 0 Å². The maximum atomic E-state index is 11.9. The zero-order chi connectivity index (χ0) is 12.7. The lowest BCUT2D eigenvalue weighted by atomic mass is 10.1. The average molecular weight is 251 g/mol. The van der Waals surface area contributed by atoms with Crippen molar-refractivity contribution in [3.05, 3.63) is 34.9 Å². The molecule has 0 saturated heterocycles. The molecule has 0 unspecified atom stereocenters. The third kappa shape index (κ3) is 4.46. The van der Waals surface area contributed by atoms with Gasteiger partial charge in [-0.15, -0.1) is 0 Å². The summed E-state index contributed by atoms with van der Waals surface area (Å²) < 4.78 is 0. The quantitative estimate of drug-likeness (QED) is 0.754. The Hall–Kier alpha value is -1.53. The smallest absolute Gasteiger partial charge is 0.227 e. The SMILES string of the molecule is CCCN(CC#N)C(=O)Cc1cccc(Cl)c1. The van der Waals surface area contributed by atoms with Gasteiger partial charge in [-0.1, -0.05) is 30.7 Å². The Kier molecular flexibility index (Phi) is 5.51. The monoisotopic (exact) mass is 250 g/mol. The van der Waals surface area contributed by atoms with Crippen molar-refractivity contribution in [2.45, 2.75) is 19.8 Å². The molecule has 0 aromatic heterocycles. The summed E-state index contributed by atoms with van der Waals surface area (Å²) in [4.78, 5) is 13.5. The Morgan fingerprint density at radius 3 is 2.88 bits per heavy atom. The second-order valence-electron chi connectivity index (χ2n) is 3.78. The highest BCUT2D eigenvalue weighted by molar-refractivity contribution is 6.30. The molecule has 1 rings (SSSR count). The summed E-state index contributed by atoms with van der Waals surface area (Å²) in [5.41, 5.74) is 0.876. The van der Waals surface area contributed by atoms with E-state index in [1.165, 1.54) is 0 Å². The van der Waals surface area contributed by atoms with Crippen molar-refractivity contribution in [2.75, 3.05) is 13.1 Å². The fraction of sp³-hybridized carbons (Fsp3) is 0.385. The van der Waals surface area contributed by atoms with Gasteiger partial charge in [0.05, 0.1) is 12.5 Å². The topological polar surface area (TPSA) is 44.1 Å². The molecule has 0 fully saturated rings. The van der Waals surface area contributed by atoms with Crippen molar-refractivity contribution in [1.29, 1.82) is 5.26 Å². The maximum Gasteiger partial charge on any atom is 0.227 e. The molecular weight excluding hydrogens is 236 g/mol. The van der Waals surface area contributed by atoms with Crippen molar-refractivity contribution in [1.82, 2.24) is 4.90 Å². The number of nitrogens with zero attached hydrogens (tertiary/aromatic N) is 2. The average Bonchev–Trinajstić information content (AvgIpc) is 2.28. The molecule has 0 aliphatic heterocycles. The lowest BCUT2D eigenvalue weighted by Crippen LogP contribution is -2.33. The second-order valence-corrected chi connectivity index (χ2v) is 4.22. The number of halogens is 1. The summed E-state index contributed by atoms with van der Waals surface area (Å²) in [6.07, 6.45) is 1.14. The molecule has 1 amide bonds. The predicted molar refractivity (Wildman–Crippen MR) is 67.6 cm³/mol. The van der Waals surface area contributed by atoms with Gasteiger partial charge >= 0.3 is 0 Å². The van der Waals surface area contributed by atoms with E-state index in [-0.39, 0.29) is 12.5 Å². The molecule has 0 heterocycles. The minimum atomic E-state index is -0.0318. The van der Waals surface area contributed by atoms with Crippen molar-refractivity contribution < 1.29 is 4.79 Å². The summed E-state index contributed by atoms with van der Waals surface area (Å²) >= 11 is 5.85. The first kappa shape index (κ1) is 13.5. The molecule has 0 spiro atoms. The summed E-state index contributed by atoms with van der Waals surface area (Å²) in [7, 11) is 0. The molecule has 90 valence electrons. The van der Waals surface area contributed by atoms with E-state index >= 15 is 0 Å². The molecule has 17 heavy (non-hydrogen) atoms. The number of nitriles is 1. The summed E-state index contributed by atoms with van der Waals surface area (Å²) in [6.45, 7) is 2.75. The molecule has 0 aliphatic rings. The van der Waals surface area contributed by atoms with Crippen LogP contribution in [0.15, 0.2) is 24.3 Å². The number of carbonyl (C=O) groups is 1. The fourth-order valence-electron chi connectivity index (χ4n) is 1.58.